The normalized spacial score (nSPS) is 12.0. The third-order valence-electron chi connectivity index (χ3n) is 2.91. The zero-order valence-electron chi connectivity index (χ0n) is 11.7. The van der Waals surface area contributed by atoms with E-state index < -0.39 is 0 Å². The first-order valence-electron chi connectivity index (χ1n) is 6.58. The van der Waals surface area contributed by atoms with Gasteiger partial charge < -0.3 is 11.1 Å². The Kier molecular flexibility index (Phi) is 5.36. The zero-order chi connectivity index (χ0) is 15.2. The van der Waals surface area contributed by atoms with Gasteiger partial charge in [0.1, 0.15) is 5.82 Å². The standard InChI is InChI=1S/C16H17FN2OS/c1-11(20)19-14-6-8-15(9-7-14)21-16(10-18)12-2-4-13(17)5-3-12/h2-9,16H,10,18H2,1H3,(H,19,20). The van der Waals surface area contributed by atoms with Gasteiger partial charge in [-0.2, -0.15) is 0 Å². The molecule has 0 saturated heterocycles. The van der Waals surface area contributed by atoms with Crippen LogP contribution in [0.4, 0.5) is 10.1 Å². The predicted molar refractivity (Wildman–Crippen MR) is 84.8 cm³/mol. The summed E-state index contributed by atoms with van der Waals surface area (Å²) in [7, 11) is 0. The van der Waals surface area contributed by atoms with Crippen LogP contribution in [0.3, 0.4) is 0 Å². The zero-order valence-corrected chi connectivity index (χ0v) is 12.5. The van der Waals surface area contributed by atoms with Crippen LogP contribution in [0, 0.1) is 5.82 Å². The van der Waals surface area contributed by atoms with Crippen LogP contribution in [-0.4, -0.2) is 12.5 Å². The minimum Gasteiger partial charge on any atom is -0.329 e. The van der Waals surface area contributed by atoms with Crippen molar-refractivity contribution in [1.82, 2.24) is 0 Å². The van der Waals surface area contributed by atoms with E-state index in [9.17, 15) is 9.18 Å². The van der Waals surface area contributed by atoms with Gasteiger partial charge in [-0.1, -0.05) is 12.1 Å². The molecule has 110 valence electrons. The highest BCUT2D eigenvalue weighted by molar-refractivity contribution is 7.99. The summed E-state index contributed by atoms with van der Waals surface area (Å²) < 4.78 is 13.0. The maximum atomic E-state index is 13.0. The van der Waals surface area contributed by atoms with Crippen LogP contribution in [0.1, 0.15) is 17.7 Å². The SMILES string of the molecule is CC(=O)Nc1ccc(SC(CN)c2ccc(F)cc2)cc1. The van der Waals surface area contributed by atoms with Gasteiger partial charge in [-0.05, 0) is 42.0 Å². The van der Waals surface area contributed by atoms with Crippen LogP contribution in [0.15, 0.2) is 53.4 Å². The molecule has 0 fully saturated rings. The number of nitrogens with two attached hydrogens (primary N) is 1. The Morgan fingerprint density at radius 3 is 2.33 bits per heavy atom. The Bertz CT molecular complexity index is 599. The molecule has 0 aliphatic carbocycles. The first-order chi connectivity index (χ1) is 10.1. The van der Waals surface area contributed by atoms with Crippen LogP contribution in [0.25, 0.3) is 0 Å². The summed E-state index contributed by atoms with van der Waals surface area (Å²) in [4.78, 5) is 12.0. The molecule has 0 aromatic heterocycles. The third kappa shape index (κ3) is 4.58. The molecule has 1 unspecified atom stereocenters. The number of hydrogen-bond acceptors (Lipinski definition) is 3. The van der Waals surface area contributed by atoms with E-state index in [0.717, 1.165) is 16.1 Å². The molecule has 0 bridgehead atoms. The molecular weight excluding hydrogens is 287 g/mol. The van der Waals surface area contributed by atoms with E-state index >= 15 is 0 Å². The van der Waals surface area contributed by atoms with Crippen LogP contribution < -0.4 is 11.1 Å². The lowest BCUT2D eigenvalue weighted by Crippen LogP contribution is -2.09. The van der Waals surface area contributed by atoms with E-state index in [2.05, 4.69) is 5.32 Å². The first kappa shape index (κ1) is 15.5. The molecule has 0 radical (unpaired) electrons. The van der Waals surface area contributed by atoms with Gasteiger partial charge in [0.05, 0.1) is 0 Å². The van der Waals surface area contributed by atoms with Crippen molar-refractivity contribution in [3.63, 3.8) is 0 Å². The number of benzene rings is 2. The van der Waals surface area contributed by atoms with Crippen LogP contribution in [-0.2, 0) is 4.79 Å². The molecule has 0 spiro atoms. The second kappa shape index (κ2) is 7.24. The topological polar surface area (TPSA) is 55.1 Å². The van der Waals surface area contributed by atoms with Crippen molar-refractivity contribution >= 4 is 23.4 Å². The van der Waals surface area contributed by atoms with Crippen molar-refractivity contribution < 1.29 is 9.18 Å². The number of hydrogen-bond donors (Lipinski definition) is 2. The van der Waals surface area contributed by atoms with Gasteiger partial charge in [-0.3, -0.25) is 4.79 Å². The van der Waals surface area contributed by atoms with Gasteiger partial charge in [0, 0.05) is 29.3 Å². The number of rotatable bonds is 5. The number of anilines is 1. The summed E-state index contributed by atoms with van der Waals surface area (Å²) >= 11 is 1.62. The molecule has 1 amide bonds. The average molecular weight is 304 g/mol. The molecule has 2 aromatic carbocycles. The van der Waals surface area contributed by atoms with Crippen molar-refractivity contribution in [2.24, 2.45) is 5.73 Å². The molecule has 2 aromatic rings. The minimum absolute atomic E-state index is 0.0669. The van der Waals surface area contributed by atoms with Crippen molar-refractivity contribution in [1.29, 1.82) is 0 Å². The summed E-state index contributed by atoms with van der Waals surface area (Å²) in [6.07, 6.45) is 0. The van der Waals surface area contributed by atoms with Gasteiger partial charge in [0.2, 0.25) is 5.91 Å². The Labute approximate surface area is 127 Å². The van der Waals surface area contributed by atoms with Crippen molar-refractivity contribution in [2.75, 3.05) is 11.9 Å². The largest absolute Gasteiger partial charge is 0.329 e. The lowest BCUT2D eigenvalue weighted by molar-refractivity contribution is -0.114. The van der Waals surface area contributed by atoms with Gasteiger partial charge in [-0.15, -0.1) is 11.8 Å². The molecule has 3 N–H and O–H groups in total. The molecule has 2 rings (SSSR count). The fourth-order valence-electron chi connectivity index (χ4n) is 1.91. The molecule has 21 heavy (non-hydrogen) atoms. The monoisotopic (exact) mass is 304 g/mol. The van der Waals surface area contributed by atoms with E-state index in [1.807, 2.05) is 24.3 Å². The number of thioether (sulfide) groups is 1. The summed E-state index contributed by atoms with van der Waals surface area (Å²) in [5.74, 6) is -0.347. The summed E-state index contributed by atoms with van der Waals surface area (Å²) in [6, 6.07) is 14.0. The highest BCUT2D eigenvalue weighted by atomic mass is 32.2. The first-order valence-corrected chi connectivity index (χ1v) is 7.46. The molecule has 0 saturated carbocycles. The smallest absolute Gasteiger partial charge is 0.221 e. The van der Waals surface area contributed by atoms with Crippen molar-refractivity contribution in [3.05, 3.63) is 59.9 Å². The van der Waals surface area contributed by atoms with Crippen molar-refractivity contribution in [2.45, 2.75) is 17.1 Å². The fourth-order valence-corrected chi connectivity index (χ4v) is 2.93. The second-order valence-electron chi connectivity index (χ2n) is 4.60. The maximum Gasteiger partial charge on any atom is 0.221 e. The van der Waals surface area contributed by atoms with Gasteiger partial charge in [-0.25, -0.2) is 4.39 Å². The van der Waals surface area contributed by atoms with E-state index in [1.54, 1.807) is 23.9 Å². The number of amides is 1. The quantitative estimate of drug-likeness (QED) is 0.830. The lowest BCUT2D eigenvalue weighted by atomic mass is 10.1. The Balaban J connectivity index is 2.07. The van der Waals surface area contributed by atoms with E-state index in [0.29, 0.717) is 6.54 Å². The molecule has 3 nitrogen and oxygen atoms in total. The van der Waals surface area contributed by atoms with Crippen LogP contribution >= 0.6 is 11.8 Å². The second-order valence-corrected chi connectivity index (χ2v) is 5.88. The summed E-state index contributed by atoms with van der Waals surface area (Å²) in [5.41, 5.74) is 7.57. The number of nitrogens with one attached hydrogen (secondary N) is 1. The molecule has 0 aliphatic heterocycles. The van der Waals surface area contributed by atoms with Crippen LogP contribution in [0.5, 0.6) is 0 Å². The lowest BCUT2D eigenvalue weighted by Gasteiger charge is -2.15. The highest BCUT2D eigenvalue weighted by Gasteiger charge is 2.11. The minimum atomic E-state index is -0.251. The highest BCUT2D eigenvalue weighted by Crippen LogP contribution is 2.34. The van der Waals surface area contributed by atoms with Gasteiger partial charge >= 0.3 is 0 Å². The van der Waals surface area contributed by atoms with Gasteiger partial charge in [0.25, 0.3) is 0 Å². The molecule has 1 atom stereocenters. The van der Waals surface area contributed by atoms with Gasteiger partial charge in [0.15, 0.2) is 0 Å². The average Bonchev–Trinajstić information content (AvgIpc) is 2.47. The number of carbonyl (C=O) groups is 1. The Morgan fingerprint density at radius 2 is 1.81 bits per heavy atom. The Morgan fingerprint density at radius 1 is 1.19 bits per heavy atom. The van der Waals surface area contributed by atoms with Crippen molar-refractivity contribution in [3.8, 4) is 0 Å². The molecule has 0 heterocycles. The predicted octanol–water partition coefficient (Wildman–Crippen LogP) is 3.58. The fraction of sp³-hybridized carbons (Fsp3) is 0.188. The van der Waals surface area contributed by atoms with E-state index in [4.69, 9.17) is 5.73 Å². The molecular formula is C16H17FN2OS. The molecule has 0 aliphatic rings. The summed E-state index contributed by atoms with van der Waals surface area (Å²) in [6.45, 7) is 1.94. The number of halogens is 1. The third-order valence-corrected chi connectivity index (χ3v) is 4.20. The molecule has 5 heteroatoms. The van der Waals surface area contributed by atoms with E-state index in [-0.39, 0.29) is 17.0 Å². The summed E-state index contributed by atoms with van der Waals surface area (Å²) in [5, 5.41) is 2.79. The maximum absolute atomic E-state index is 13.0. The van der Waals surface area contributed by atoms with E-state index in [1.165, 1.54) is 19.1 Å². The number of carbonyl (C=O) groups excluding carboxylic acids is 1. The Hall–Kier alpha value is -1.85. The van der Waals surface area contributed by atoms with Crippen LogP contribution in [0.2, 0.25) is 0 Å².